The number of rotatable bonds is 4. The monoisotopic (exact) mass is 283 g/mol. The second kappa shape index (κ2) is 5.76. The summed E-state index contributed by atoms with van der Waals surface area (Å²) in [5.41, 5.74) is -0.0191. The molecule has 2 nitrogen and oxygen atoms in total. The summed E-state index contributed by atoms with van der Waals surface area (Å²) < 4.78 is 14.0. The van der Waals surface area contributed by atoms with E-state index in [0.717, 1.165) is 6.42 Å². The maximum Gasteiger partial charge on any atom is 0.182 e. The van der Waals surface area contributed by atoms with Crippen molar-refractivity contribution in [1.29, 1.82) is 5.26 Å². The smallest absolute Gasteiger partial charge is 0.182 e. The number of hydrogen-bond donors (Lipinski definition) is 0. The van der Waals surface area contributed by atoms with Gasteiger partial charge in [-0.05, 0) is 24.6 Å². The van der Waals surface area contributed by atoms with Crippen LogP contribution < -0.4 is 0 Å². The highest BCUT2D eigenvalue weighted by molar-refractivity contribution is 9.10. The largest absolute Gasteiger partial charge is 0.293 e. The maximum absolute atomic E-state index is 13.4. The number of benzene rings is 1. The van der Waals surface area contributed by atoms with E-state index in [1.165, 1.54) is 18.2 Å². The second-order valence-corrected chi connectivity index (χ2v) is 4.37. The van der Waals surface area contributed by atoms with Gasteiger partial charge in [0.25, 0.3) is 0 Å². The standard InChI is InChI=1S/C12H11BrFNO/c1-2-3-8(7-15)12(16)10-6-9(13)4-5-11(10)14/h4-6,8H,2-3H2,1H3. The Kier molecular flexibility index (Phi) is 4.63. The van der Waals surface area contributed by atoms with E-state index in [2.05, 4.69) is 15.9 Å². The molecule has 0 bridgehead atoms. The van der Waals surface area contributed by atoms with Gasteiger partial charge in [0.15, 0.2) is 5.78 Å². The molecular weight excluding hydrogens is 273 g/mol. The molecule has 0 fully saturated rings. The molecule has 1 aromatic rings. The Morgan fingerprint density at radius 3 is 2.88 bits per heavy atom. The topological polar surface area (TPSA) is 40.9 Å². The van der Waals surface area contributed by atoms with E-state index in [9.17, 15) is 9.18 Å². The van der Waals surface area contributed by atoms with Crippen molar-refractivity contribution in [2.45, 2.75) is 19.8 Å². The Labute approximate surface area is 102 Å². The van der Waals surface area contributed by atoms with Gasteiger partial charge in [0.2, 0.25) is 0 Å². The first kappa shape index (κ1) is 12.9. The van der Waals surface area contributed by atoms with Crippen LogP contribution in [0, 0.1) is 23.1 Å². The number of nitrogens with zero attached hydrogens (tertiary/aromatic N) is 1. The average molecular weight is 284 g/mol. The van der Waals surface area contributed by atoms with Crippen LogP contribution in [0.5, 0.6) is 0 Å². The van der Waals surface area contributed by atoms with Crippen molar-refractivity contribution in [1.82, 2.24) is 0 Å². The van der Waals surface area contributed by atoms with Crippen molar-refractivity contribution in [2.75, 3.05) is 0 Å². The number of ketones is 1. The van der Waals surface area contributed by atoms with Crippen molar-refractivity contribution in [3.8, 4) is 6.07 Å². The highest BCUT2D eigenvalue weighted by Crippen LogP contribution is 2.20. The first-order valence-corrected chi connectivity index (χ1v) is 5.78. The SMILES string of the molecule is CCCC(C#N)C(=O)c1cc(Br)ccc1F. The fraction of sp³-hybridized carbons (Fsp3) is 0.333. The fourth-order valence-corrected chi connectivity index (χ4v) is 1.78. The Bertz CT molecular complexity index is 439. The van der Waals surface area contributed by atoms with Crippen molar-refractivity contribution < 1.29 is 9.18 Å². The van der Waals surface area contributed by atoms with Crippen LogP contribution in [0.4, 0.5) is 4.39 Å². The van der Waals surface area contributed by atoms with Crippen LogP contribution in [0.3, 0.4) is 0 Å². The molecule has 0 radical (unpaired) electrons. The lowest BCUT2D eigenvalue weighted by molar-refractivity contribution is 0.0939. The molecule has 0 amide bonds. The predicted octanol–water partition coefficient (Wildman–Crippen LogP) is 3.71. The minimum Gasteiger partial charge on any atom is -0.293 e. The Balaban J connectivity index is 3.04. The summed E-state index contributed by atoms with van der Waals surface area (Å²) >= 11 is 3.17. The number of carbonyl (C=O) groups excluding carboxylic acids is 1. The molecule has 0 aliphatic heterocycles. The van der Waals surface area contributed by atoms with E-state index < -0.39 is 17.5 Å². The van der Waals surface area contributed by atoms with Gasteiger partial charge in [0.1, 0.15) is 11.7 Å². The third kappa shape index (κ3) is 2.89. The molecule has 0 aliphatic carbocycles. The molecule has 0 spiro atoms. The van der Waals surface area contributed by atoms with Gasteiger partial charge < -0.3 is 0 Å². The summed E-state index contributed by atoms with van der Waals surface area (Å²) in [6, 6.07) is 6.07. The zero-order valence-corrected chi connectivity index (χ0v) is 10.4. The van der Waals surface area contributed by atoms with Gasteiger partial charge in [0, 0.05) is 4.47 Å². The second-order valence-electron chi connectivity index (χ2n) is 3.46. The van der Waals surface area contributed by atoms with Crippen LogP contribution in [0.1, 0.15) is 30.1 Å². The maximum atomic E-state index is 13.4. The van der Waals surface area contributed by atoms with Gasteiger partial charge in [-0.25, -0.2) is 4.39 Å². The molecule has 1 unspecified atom stereocenters. The summed E-state index contributed by atoms with van der Waals surface area (Å²) in [6.07, 6.45) is 1.18. The number of Topliss-reactive ketones (excluding diaryl/α,β-unsaturated/α-hetero) is 1. The van der Waals surface area contributed by atoms with Gasteiger partial charge in [-0.1, -0.05) is 29.3 Å². The molecule has 4 heteroatoms. The van der Waals surface area contributed by atoms with E-state index in [0.29, 0.717) is 10.9 Å². The Hall–Kier alpha value is -1.21. The van der Waals surface area contributed by atoms with Crippen LogP contribution in [0.25, 0.3) is 0 Å². The Morgan fingerprint density at radius 1 is 1.62 bits per heavy atom. The Morgan fingerprint density at radius 2 is 2.31 bits per heavy atom. The van der Waals surface area contributed by atoms with Crippen molar-refractivity contribution >= 4 is 21.7 Å². The van der Waals surface area contributed by atoms with Gasteiger partial charge in [0.05, 0.1) is 11.6 Å². The minimum absolute atomic E-state index is 0.0191. The molecule has 0 saturated heterocycles. The van der Waals surface area contributed by atoms with Crippen LogP contribution in [0.2, 0.25) is 0 Å². The molecule has 0 aliphatic rings. The number of nitriles is 1. The van der Waals surface area contributed by atoms with E-state index in [1.807, 2.05) is 13.0 Å². The average Bonchev–Trinajstić information content (AvgIpc) is 2.28. The molecular formula is C12H11BrFNO. The highest BCUT2D eigenvalue weighted by Gasteiger charge is 2.21. The van der Waals surface area contributed by atoms with E-state index in [-0.39, 0.29) is 5.56 Å². The first-order chi connectivity index (χ1) is 7.60. The fourth-order valence-electron chi connectivity index (χ4n) is 1.42. The molecule has 0 aromatic heterocycles. The number of hydrogen-bond acceptors (Lipinski definition) is 2. The summed E-state index contributed by atoms with van der Waals surface area (Å²) in [5, 5.41) is 8.84. The normalized spacial score (nSPS) is 11.9. The molecule has 0 heterocycles. The summed E-state index contributed by atoms with van der Waals surface area (Å²) in [7, 11) is 0. The third-order valence-corrected chi connectivity index (χ3v) is 2.74. The van der Waals surface area contributed by atoms with Crippen LogP contribution in [-0.4, -0.2) is 5.78 Å². The van der Waals surface area contributed by atoms with E-state index in [1.54, 1.807) is 0 Å². The quantitative estimate of drug-likeness (QED) is 0.791. The molecule has 0 saturated carbocycles. The van der Waals surface area contributed by atoms with Gasteiger partial charge in [-0.15, -0.1) is 0 Å². The summed E-state index contributed by atoms with van der Waals surface area (Å²) in [5.74, 6) is -1.78. The zero-order chi connectivity index (χ0) is 12.1. The van der Waals surface area contributed by atoms with Crippen LogP contribution in [-0.2, 0) is 0 Å². The van der Waals surface area contributed by atoms with E-state index in [4.69, 9.17) is 5.26 Å². The van der Waals surface area contributed by atoms with Gasteiger partial charge in [-0.3, -0.25) is 4.79 Å². The first-order valence-electron chi connectivity index (χ1n) is 4.99. The summed E-state index contributed by atoms with van der Waals surface area (Å²) in [4.78, 5) is 11.9. The zero-order valence-electron chi connectivity index (χ0n) is 8.84. The molecule has 84 valence electrons. The molecule has 0 N–H and O–H groups in total. The van der Waals surface area contributed by atoms with Crippen molar-refractivity contribution in [2.24, 2.45) is 5.92 Å². The van der Waals surface area contributed by atoms with Gasteiger partial charge >= 0.3 is 0 Å². The van der Waals surface area contributed by atoms with Gasteiger partial charge in [-0.2, -0.15) is 5.26 Å². The van der Waals surface area contributed by atoms with Crippen LogP contribution in [0.15, 0.2) is 22.7 Å². The van der Waals surface area contributed by atoms with Crippen molar-refractivity contribution in [3.05, 3.63) is 34.1 Å². The molecule has 1 aromatic carbocycles. The highest BCUT2D eigenvalue weighted by atomic mass is 79.9. The van der Waals surface area contributed by atoms with Crippen LogP contribution >= 0.6 is 15.9 Å². The lowest BCUT2D eigenvalue weighted by Crippen LogP contribution is -2.14. The van der Waals surface area contributed by atoms with E-state index >= 15 is 0 Å². The van der Waals surface area contributed by atoms with Crippen molar-refractivity contribution in [3.63, 3.8) is 0 Å². The lowest BCUT2D eigenvalue weighted by Gasteiger charge is -2.07. The minimum atomic E-state index is -0.756. The summed E-state index contributed by atoms with van der Waals surface area (Å²) in [6.45, 7) is 1.88. The lowest BCUT2D eigenvalue weighted by atomic mass is 9.94. The predicted molar refractivity (Wildman–Crippen MR) is 62.4 cm³/mol. The third-order valence-electron chi connectivity index (χ3n) is 2.24. The molecule has 16 heavy (non-hydrogen) atoms. The molecule has 1 rings (SSSR count). The molecule has 1 atom stereocenters. The number of halogens is 2. The number of carbonyl (C=O) groups is 1.